The molecule has 0 unspecified atom stereocenters. The number of aromatic nitrogens is 2. The van der Waals surface area contributed by atoms with Crippen LogP contribution in [0.25, 0.3) is 11.0 Å². The number of nitrogens with one attached hydrogen (secondary N) is 1. The number of hydrogen-bond acceptors (Lipinski definition) is 6. The second-order valence-corrected chi connectivity index (χ2v) is 6.09. The molecule has 4 N–H and O–H groups in total. The number of nitrogens with zero attached hydrogens (tertiary/aromatic N) is 4. The second-order valence-electron chi connectivity index (χ2n) is 5.23. The minimum absolute atomic E-state index is 0.0410. The Morgan fingerprint density at radius 1 is 1.35 bits per heavy atom. The molecule has 0 amide bonds. The fourth-order valence-electron chi connectivity index (χ4n) is 2.28. The fourth-order valence-corrected chi connectivity index (χ4v) is 2.84. The first kappa shape index (κ1) is 17.6. The Kier molecular flexibility index (Phi) is 4.99. The molecule has 1 heterocycles. The summed E-state index contributed by atoms with van der Waals surface area (Å²) in [5, 5.41) is 25.9. The molecule has 0 atom stereocenters. The maximum Gasteiger partial charge on any atom is 0.191 e. The first-order chi connectivity index (χ1) is 12.5. The van der Waals surface area contributed by atoms with Gasteiger partial charge >= 0.3 is 0 Å². The van der Waals surface area contributed by atoms with Crippen LogP contribution in [0.2, 0.25) is 0 Å². The van der Waals surface area contributed by atoms with E-state index in [4.69, 9.17) is 15.9 Å². The fraction of sp³-hybridized carbons (Fsp3) is 0.0588. The summed E-state index contributed by atoms with van der Waals surface area (Å²) in [6.07, 6.45) is 1.51. The molecule has 0 bridgehead atoms. The van der Waals surface area contributed by atoms with Crippen molar-refractivity contribution in [1.29, 1.82) is 5.41 Å². The third kappa shape index (κ3) is 3.42. The minimum Gasteiger partial charge on any atom is -0.496 e. The molecule has 0 aliphatic carbocycles. The lowest BCUT2D eigenvalue weighted by molar-refractivity contribution is 0.183. The van der Waals surface area contributed by atoms with E-state index in [1.54, 1.807) is 37.4 Å². The molecule has 9 heteroatoms. The summed E-state index contributed by atoms with van der Waals surface area (Å²) in [4.78, 5) is 4.28. The van der Waals surface area contributed by atoms with Crippen molar-refractivity contribution in [2.45, 2.75) is 0 Å². The molecule has 0 saturated heterocycles. The molecule has 26 heavy (non-hydrogen) atoms. The predicted molar refractivity (Wildman–Crippen MR) is 102 cm³/mol. The van der Waals surface area contributed by atoms with Crippen LogP contribution in [0.5, 0.6) is 5.75 Å². The number of benzene rings is 2. The maximum absolute atomic E-state index is 10.1. The molecule has 0 radical (unpaired) electrons. The van der Waals surface area contributed by atoms with Crippen molar-refractivity contribution in [2.75, 3.05) is 7.11 Å². The zero-order valence-electron chi connectivity index (χ0n) is 13.7. The normalized spacial score (nSPS) is 12.0. The van der Waals surface area contributed by atoms with Gasteiger partial charge in [-0.15, -0.1) is 5.10 Å². The third-order valence-electron chi connectivity index (χ3n) is 3.57. The average molecular weight is 415 g/mol. The highest BCUT2D eigenvalue weighted by Gasteiger charge is 2.10. The van der Waals surface area contributed by atoms with E-state index in [0.29, 0.717) is 21.5 Å². The summed E-state index contributed by atoms with van der Waals surface area (Å²) in [6, 6.07) is 12.3. The van der Waals surface area contributed by atoms with E-state index < -0.39 is 0 Å². The molecule has 0 aliphatic rings. The molecule has 2 aromatic carbocycles. The highest BCUT2D eigenvalue weighted by Crippen LogP contribution is 2.24. The Hall–Kier alpha value is -3.20. The Morgan fingerprint density at radius 2 is 2.12 bits per heavy atom. The molecule has 8 nitrogen and oxygen atoms in total. The van der Waals surface area contributed by atoms with Crippen LogP contribution in [0.15, 0.2) is 57.1 Å². The van der Waals surface area contributed by atoms with Crippen molar-refractivity contribution < 1.29 is 9.94 Å². The predicted octanol–water partition coefficient (Wildman–Crippen LogP) is 2.26. The van der Waals surface area contributed by atoms with Gasteiger partial charge in [-0.2, -0.15) is 9.83 Å². The lowest BCUT2D eigenvalue weighted by atomic mass is 10.2. The van der Waals surface area contributed by atoms with Gasteiger partial charge in [0.05, 0.1) is 23.3 Å². The standard InChI is InChI=1S/C17H15BrN6O2/c1-26-14-7-6-10(8-11(14)18)9-21-23-16(19)15-17(20)24(25)13-5-3-2-4-12(13)22-15/h2-9,20,25H,1H3,(H2,19,23)/b20-17?,21-9+. The van der Waals surface area contributed by atoms with E-state index >= 15 is 0 Å². The molecule has 132 valence electrons. The van der Waals surface area contributed by atoms with E-state index in [-0.39, 0.29) is 17.0 Å². The number of fused-ring (bicyclic) bond motifs is 1. The van der Waals surface area contributed by atoms with Crippen molar-refractivity contribution in [1.82, 2.24) is 9.71 Å². The monoisotopic (exact) mass is 414 g/mol. The van der Waals surface area contributed by atoms with E-state index in [2.05, 4.69) is 31.1 Å². The van der Waals surface area contributed by atoms with E-state index in [9.17, 15) is 5.21 Å². The van der Waals surface area contributed by atoms with Gasteiger partial charge in [-0.3, -0.25) is 5.41 Å². The number of hydrogen-bond donors (Lipinski definition) is 3. The molecule has 3 rings (SSSR count). The molecule has 0 aliphatic heterocycles. The highest BCUT2D eigenvalue weighted by molar-refractivity contribution is 9.10. The molecular formula is C17H15BrN6O2. The number of ether oxygens (including phenoxy) is 1. The largest absolute Gasteiger partial charge is 0.496 e. The Morgan fingerprint density at radius 3 is 2.85 bits per heavy atom. The Bertz CT molecular complexity index is 1090. The van der Waals surface area contributed by atoms with Gasteiger partial charge in [0, 0.05) is 0 Å². The summed E-state index contributed by atoms with van der Waals surface area (Å²) < 4.78 is 6.66. The smallest absolute Gasteiger partial charge is 0.191 e. The van der Waals surface area contributed by atoms with Crippen molar-refractivity contribution in [2.24, 2.45) is 15.9 Å². The number of para-hydroxylation sites is 2. The van der Waals surface area contributed by atoms with Crippen LogP contribution in [0.3, 0.4) is 0 Å². The Balaban J connectivity index is 1.93. The van der Waals surface area contributed by atoms with Gasteiger partial charge in [-0.25, -0.2) is 4.98 Å². The maximum atomic E-state index is 10.1. The quantitative estimate of drug-likeness (QED) is 0.262. The van der Waals surface area contributed by atoms with E-state index in [1.165, 1.54) is 6.21 Å². The van der Waals surface area contributed by atoms with Crippen LogP contribution in [-0.4, -0.2) is 34.1 Å². The topological polar surface area (TPSA) is 122 Å². The van der Waals surface area contributed by atoms with Gasteiger partial charge in [0.1, 0.15) is 11.3 Å². The number of nitrogens with two attached hydrogens (primary N) is 1. The zero-order valence-corrected chi connectivity index (χ0v) is 15.3. The highest BCUT2D eigenvalue weighted by atomic mass is 79.9. The van der Waals surface area contributed by atoms with Crippen LogP contribution in [0, 0.1) is 5.41 Å². The van der Waals surface area contributed by atoms with Crippen LogP contribution in [0.1, 0.15) is 11.3 Å². The third-order valence-corrected chi connectivity index (χ3v) is 4.19. The summed E-state index contributed by atoms with van der Waals surface area (Å²) in [5.41, 5.74) is 7.34. The summed E-state index contributed by atoms with van der Waals surface area (Å²) >= 11 is 3.39. The molecule has 0 spiro atoms. The van der Waals surface area contributed by atoms with E-state index in [1.807, 2.05) is 12.1 Å². The van der Waals surface area contributed by atoms with Crippen LogP contribution < -0.4 is 16.0 Å². The van der Waals surface area contributed by atoms with Gasteiger partial charge in [0.15, 0.2) is 17.0 Å². The SMILES string of the molecule is COc1ccc(/C=N/N=C(\N)c2nc3ccccc3n(O)c2=N)cc1Br. The van der Waals surface area contributed by atoms with Gasteiger partial charge in [0.2, 0.25) is 0 Å². The van der Waals surface area contributed by atoms with Crippen LogP contribution in [-0.2, 0) is 0 Å². The second kappa shape index (κ2) is 7.36. The zero-order chi connectivity index (χ0) is 18.7. The summed E-state index contributed by atoms with van der Waals surface area (Å²) in [5.74, 6) is 0.629. The first-order valence-electron chi connectivity index (χ1n) is 7.47. The van der Waals surface area contributed by atoms with Gasteiger partial charge in [-0.05, 0) is 51.8 Å². The number of methoxy groups -OCH3 is 1. The number of rotatable bonds is 4. The van der Waals surface area contributed by atoms with Gasteiger partial charge < -0.3 is 15.7 Å². The summed E-state index contributed by atoms with van der Waals surface area (Å²) in [7, 11) is 1.58. The minimum atomic E-state index is -0.271. The van der Waals surface area contributed by atoms with Crippen LogP contribution in [0.4, 0.5) is 0 Å². The molecule has 1 aromatic heterocycles. The Labute approximate surface area is 156 Å². The lowest BCUT2D eigenvalue weighted by Crippen LogP contribution is -2.31. The molecular weight excluding hydrogens is 400 g/mol. The summed E-state index contributed by atoms with van der Waals surface area (Å²) in [6.45, 7) is 0. The number of halogens is 1. The lowest BCUT2D eigenvalue weighted by Gasteiger charge is -2.06. The van der Waals surface area contributed by atoms with Crippen molar-refractivity contribution in [3.05, 3.63) is 63.7 Å². The van der Waals surface area contributed by atoms with Crippen molar-refractivity contribution in [3.8, 4) is 5.75 Å². The van der Waals surface area contributed by atoms with Crippen molar-refractivity contribution in [3.63, 3.8) is 0 Å². The van der Waals surface area contributed by atoms with Gasteiger partial charge in [0.25, 0.3) is 0 Å². The van der Waals surface area contributed by atoms with Crippen LogP contribution >= 0.6 is 15.9 Å². The van der Waals surface area contributed by atoms with E-state index in [0.717, 1.165) is 10.0 Å². The van der Waals surface area contributed by atoms with Crippen molar-refractivity contribution >= 4 is 39.0 Å². The molecule has 0 fully saturated rings. The van der Waals surface area contributed by atoms with Gasteiger partial charge in [-0.1, -0.05) is 12.1 Å². The molecule has 3 aromatic rings. The first-order valence-corrected chi connectivity index (χ1v) is 8.26. The average Bonchev–Trinajstić information content (AvgIpc) is 2.64. The number of amidine groups is 1. The molecule has 0 saturated carbocycles.